The molecule has 3 nitrogen and oxygen atoms in total. The normalized spacial score (nSPS) is 13.2. The Bertz CT molecular complexity index is 568. The number of halogens is 3. The molecule has 1 aromatic carbocycles. The van der Waals surface area contributed by atoms with E-state index in [0.29, 0.717) is 22.5 Å². The molecule has 1 unspecified atom stereocenters. The number of benzene rings is 1. The fourth-order valence-electron chi connectivity index (χ4n) is 2.04. The first-order chi connectivity index (χ1) is 8.58. The molecule has 0 saturated carbocycles. The molecule has 18 heavy (non-hydrogen) atoms. The van der Waals surface area contributed by atoms with Crippen molar-refractivity contribution >= 4 is 45.8 Å². The lowest BCUT2D eigenvalue weighted by Crippen LogP contribution is -2.13. The molecule has 1 aromatic heterocycles. The van der Waals surface area contributed by atoms with E-state index in [0.717, 1.165) is 16.9 Å². The predicted octanol–water partition coefficient (Wildman–Crippen LogP) is 4.29. The molecule has 1 heterocycles. The fourth-order valence-corrected chi connectivity index (χ4v) is 2.55. The van der Waals surface area contributed by atoms with Crippen LogP contribution in [0.2, 0.25) is 10.0 Å². The van der Waals surface area contributed by atoms with E-state index in [1.54, 1.807) is 13.2 Å². The van der Waals surface area contributed by atoms with Crippen LogP contribution in [0.4, 0.5) is 0 Å². The van der Waals surface area contributed by atoms with E-state index < -0.39 is 0 Å². The van der Waals surface area contributed by atoms with E-state index >= 15 is 0 Å². The van der Waals surface area contributed by atoms with Crippen molar-refractivity contribution in [3.05, 3.63) is 28.0 Å². The summed E-state index contributed by atoms with van der Waals surface area (Å²) < 4.78 is 7.21. The molecule has 98 valence electrons. The first kappa shape index (κ1) is 13.9. The summed E-state index contributed by atoms with van der Waals surface area (Å²) in [6.45, 7) is 2.62. The van der Waals surface area contributed by atoms with Gasteiger partial charge in [-0.1, -0.05) is 23.2 Å². The summed E-state index contributed by atoms with van der Waals surface area (Å²) in [5, 5.41) is 1.00. The van der Waals surface area contributed by atoms with Gasteiger partial charge >= 0.3 is 0 Å². The summed E-state index contributed by atoms with van der Waals surface area (Å²) in [6, 6.07) is 3.70. The minimum Gasteiger partial charge on any atom is -0.383 e. The maximum Gasteiger partial charge on any atom is 0.125 e. The van der Waals surface area contributed by atoms with Crippen molar-refractivity contribution in [3.8, 4) is 0 Å². The first-order valence-corrected chi connectivity index (χ1v) is 6.78. The Morgan fingerprint density at radius 3 is 2.61 bits per heavy atom. The standard InChI is InChI=1S/C12H13Cl3N2O/c1-7(6-18-2)17-11-4-9(15)8(14)3-10(11)16-12(17)5-13/h3-4,7H,5-6H2,1-2H3. The number of nitrogens with zero attached hydrogens (tertiary/aromatic N) is 2. The van der Waals surface area contributed by atoms with Gasteiger partial charge in [-0.2, -0.15) is 0 Å². The molecule has 2 aromatic rings. The largest absolute Gasteiger partial charge is 0.383 e. The van der Waals surface area contributed by atoms with Crippen LogP contribution in [0.15, 0.2) is 12.1 Å². The third-order valence-corrected chi connectivity index (χ3v) is 3.73. The summed E-state index contributed by atoms with van der Waals surface area (Å²) in [4.78, 5) is 4.47. The maximum atomic E-state index is 6.06. The number of imidazole rings is 1. The van der Waals surface area contributed by atoms with Crippen LogP contribution in [0.25, 0.3) is 11.0 Å². The number of aromatic nitrogens is 2. The zero-order chi connectivity index (χ0) is 13.3. The van der Waals surface area contributed by atoms with E-state index in [9.17, 15) is 0 Å². The van der Waals surface area contributed by atoms with Gasteiger partial charge in [0.2, 0.25) is 0 Å². The molecular formula is C12H13Cl3N2O. The third-order valence-electron chi connectivity index (χ3n) is 2.77. The number of alkyl halides is 1. The highest BCUT2D eigenvalue weighted by Gasteiger charge is 2.16. The van der Waals surface area contributed by atoms with Gasteiger partial charge in [-0.15, -0.1) is 11.6 Å². The van der Waals surface area contributed by atoms with Gasteiger partial charge in [-0.05, 0) is 19.1 Å². The van der Waals surface area contributed by atoms with Crippen molar-refractivity contribution in [3.63, 3.8) is 0 Å². The van der Waals surface area contributed by atoms with Crippen molar-refractivity contribution < 1.29 is 4.74 Å². The molecule has 0 aliphatic carbocycles. The van der Waals surface area contributed by atoms with Gasteiger partial charge in [0.05, 0.1) is 39.6 Å². The molecule has 0 N–H and O–H groups in total. The van der Waals surface area contributed by atoms with E-state index in [2.05, 4.69) is 4.98 Å². The Morgan fingerprint density at radius 1 is 1.33 bits per heavy atom. The van der Waals surface area contributed by atoms with Crippen LogP contribution in [0, 0.1) is 0 Å². The Balaban J connectivity index is 2.64. The minimum atomic E-state index is 0.131. The lowest BCUT2D eigenvalue weighted by Gasteiger charge is -2.16. The molecule has 6 heteroatoms. The number of methoxy groups -OCH3 is 1. The highest BCUT2D eigenvalue weighted by Crippen LogP contribution is 2.30. The summed E-state index contributed by atoms with van der Waals surface area (Å²) in [6.07, 6.45) is 0. The van der Waals surface area contributed by atoms with Crippen molar-refractivity contribution in [1.29, 1.82) is 0 Å². The van der Waals surface area contributed by atoms with Crippen LogP contribution in [0.1, 0.15) is 18.8 Å². The Kier molecular flexibility index (Phi) is 4.38. The van der Waals surface area contributed by atoms with Crippen LogP contribution < -0.4 is 0 Å². The van der Waals surface area contributed by atoms with Crippen LogP contribution >= 0.6 is 34.8 Å². The topological polar surface area (TPSA) is 27.1 Å². The number of ether oxygens (including phenoxy) is 1. The molecule has 0 saturated heterocycles. The summed E-state index contributed by atoms with van der Waals surface area (Å²) in [7, 11) is 1.67. The Labute approximate surface area is 121 Å². The van der Waals surface area contributed by atoms with Crippen LogP contribution in [-0.4, -0.2) is 23.3 Å². The van der Waals surface area contributed by atoms with E-state index in [1.807, 2.05) is 17.6 Å². The SMILES string of the molecule is COCC(C)n1c(CCl)nc2cc(Cl)c(Cl)cc21. The molecule has 0 aliphatic heterocycles. The van der Waals surface area contributed by atoms with Crippen LogP contribution in [0.3, 0.4) is 0 Å². The number of fused-ring (bicyclic) bond motifs is 1. The zero-order valence-electron chi connectivity index (χ0n) is 10.1. The molecule has 0 amide bonds. The van der Waals surface area contributed by atoms with Gasteiger partial charge in [0.1, 0.15) is 5.82 Å². The molecule has 0 aliphatic rings. The summed E-state index contributed by atoms with van der Waals surface area (Å²) in [5.41, 5.74) is 1.72. The van der Waals surface area contributed by atoms with E-state index in [4.69, 9.17) is 39.5 Å². The average Bonchev–Trinajstić information content (AvgIpc) is 2.68. The van der Waals surface area contributed by atoms with Crippen molar-refractivity contribution in [2.24, 2.45) is 0 Å². The molecule has 1 atom stereocenters. The number of hydrogen-bond acceptors (Lipinski definition) is 2. The second-order valence-corrected chi connectivity index (χ2v) is 5.17. The lowest BCUT2D eigenvalue weighted by atomic mass is 10.3. The van der Waals surface area contributed by atoms with Gasteiger partial charge in [0.15, 0.2) is 0 Å². The Morgan fingerprint density at radius 2 is 2.00 bits per heavy atom. The monoisotopic (exact) mass is 306 g/mol. The van der Waals surface area contributed by atoms with Crippen molar-refractivity contribution in [1.82, 2.24) is 9.55 Å². The van der Waals surface area contributed by atoms with Crippen LogP contribution in [0.5, 0.6) is 0 Å². The second kappa shape index (κ2) is 5.66. The maximum absolute atomic E-state index is 6.06. The van der Waals surface area contributed by atoms with E-state index in [-0.39, 0.29) is 6.04 Å². The zero-order valence-corrected chi connectivity index (χ0v) is 12.4. The summed E-state index contributed by atoms with van der Waals surface area (Å²) >= 11 is 18.0. The minimum absolute atomic E-state index is 0.131. The highest BCUT2D eigenvalue weighted by atomic mass is 35.5. The number of rotatable bonds is 4. The molecule has 0 fully saturated rings. The third kappa shape index (κ3) is 2.45. The fraction of sp³-hybridized carbons (Fsp3) is 0.417. The molecule has 0 bridgehead atoms. The molecule has 0 radical (unpaired) electrons. The van der Waals surface area contributed by atoms with Gasteiger partial charge in [0.25, 0.3) is 0 Å². The van der Waals surface area contributed by atoms with E-state index in [1.165, 1.54) is 0 Å². The second-order valence-electron chi connectivity index (χ2n) is 4.09. The predicted molar refractivity (Wildman–Crippen MR) is 75.9 cm³/mol. The first-order valence-electron chi connectivity index (χ1n) is 5.49. The molecule has 0 spiro atoms. The van der Waals surface area contributed by atoms with Crippen molar-refractivity contribution in [2.75, 3.05) is 13.7 Å². The summed E-state index contributed by atoms with van der Waals surface area (Å²) in [5.74, 6) is 1.12. The average molecular weight is 308 g/mol. The molecular weight excluding hydrogens is 295 g/mol. The lowest BCUT2D eigenvalue weighted by molar-refractivity contribution is 0.163. The number of hydrogen-bond donors (Lipinski definition) is 0. The molecule has 2 rings (SSSR count). The van der Waals surface area contributed by atoms with Crippen LogP contribution in [-0.2, 0) is 10.6 Å². The van der Waals surface area contributed by atoms with Gasteiger partial charge in [-0.3, -0.25) is 0 Å². The Hall–Kier alpha value is -0.480. The van der Waals surface area contributed by atoms with Crippen molar-refractivity contribution in [2.45, 2.75) is 18.8 Å². The van der Waals surface area contributed by atoms with Gasteiger partial charge in [-0.25, -0.2) is 4.98 Å². The van der Waals surface area contributed by atoms with Gasteiger partial charge < -0.3 is 9.30 Å². The highest BCUT2D eigenvalue weighted by molar-refractivity contribution is 6.42. The quantitative estimate of drug-likeness (QED) is 0.788. The van der Waals surface area contributed by atoms with Gasteiger partial charge in [0, 0.05) is 7.11 Å². The smallest absolute Gasteiger partial charge is 0.125 e.